The van der Waals surface area contributed by atoms with Crippen molar-refractivity contribution in [2.45, 2.75) is 133 Å². The van der Waals surface area contributed by atoms with Crippen molar-refractivity contribution in [2.75, 3.05) is 39.8 Å². The van der Waals surface area contributed by atoms with Crippen molar-refractivity contribution in [3.05, 3.63) is 42.0 Å². The first kappa shape index (κ1) is 34.0. The number of piperazine rings is 1. The van der Waals surface area contributed by atoms with Gasteiger partial charge in [-0.3, -0.25) is 20.3 Å². The minimum Gasteiger partial charge on any atom is -0.486 e. The van der Waals surface area contributed by atoms with Crippen LogP contribution in [0.5, 0.6) is 5.75 Å². The summed E-state index contributed by atoms with van der Waals surface area (Å²) in [5.41, 5.74) is 2.06. The molecule has 0 aromatic heterocycles. The van der Waals surface area contributed by atoms with Crippen molar-refractivity contribution in [3.63, 3.8) is 0 Å². The summed E-state index contributed by atoms with van der Waals surface area (Å²) in [5.74, 6) is 1.82. The van der Waals surface area contributed by atoms with E-state index in [2.05, 4.69) is 65.3 Å². The highest BCUT2D eigenvalue weighted by Gasteiger charge is 2.61. The monoisotopic (exact) mass is 658 g/mol. The number of likely N-dealkylation sites (tertiary alicyclic amines) is 1. The van der Waals surface area contributed by atoms with E-state index >= 15 is 0 Å². The van der Waals surface area contributed by atoms with Crippen LogP contribution in [0, 0.1) is 30.1 Å². The fourth-order valence-electron chi connectivity index (χ4n) is 10.6. The van der Waals surface area contributed by atoms with Crippen molar-refractivity contribution in [3.8, 4) is 11.8 Å². The first-order valence-corrected chi connectivity index (χ1v) is 19.0. The van der Waals surface area contributed by atoms with E-state index in [9.17, 15) is 10.1 Å². The van der Waals surface area contributed by atoms with Gasteiger partial charge < -0.3 is 19.3 Å². The number of aryl methyl sites for hydroxylation is 1. The molecule has 2 saturated carbocycles. The van der Waals surface area contributed by atoms with Gasteiger partial charge in [-0.1, -0.05) is 56.9 Å². The Bertz CT molecular complexity index is 1360. The zero-order valence-electron chi connectivity index (χ0n) is 29.4. The van der Waals surface area contributed by atoms with Crippen LogP contribution in [0.25, 0.3) is 0 Å². The molecular weight excluding hydrogens is 600 g/mol. The van der Waals surface area contributed by atoms with Crippen LogP contribution in [0.2, 0.25) is 0 Å². The van der Waals surface area contributed by atoms with E-state index in [4.69, 9.17) is 9.47 Å². The summed E-state index contributed by atoms with van der Waals surface area (Å²) in [7, 11) is 2.22. The molecule has 1 amide bonds. The van der Waals surface area contributed by atoms with Crippen LogP contribution in [0.15, 0.2) is 30.9 Å². The lowest BCUT2D eigenvalue weighted by atomic mass is 9.62. The number of fused-ring (bicyclic) bond motifs is 2. The summed E-state index contributed by atoms with van der Waals surface area (Å²) in [6.07, 6.45) is 16.6. The van der Waals surface area contributed by atoms with E-state index in [1.165, 1.54) is 75.0 Å². The number of ether oxygens (including phenoxy) is 2. The smallest absolute Gasteiger partial charge is 0.246 e. The molecule has 6 unspecified atom stereocenters. The molecule has 9 nitrogen and oxygen atoms in total. The van der Waals surface area contributed by atoms with Crippen LogP contribution in [0.3, 0.4) is 0 Å². The van der Waals surface area contributed by atoms with E-state index in [-0.39, 0.29) is 35.6 Å². The molecule has 262 valence electrons. The molecule has 2 aliphatic carbocycles. The summed E-state index contributed by atoms with van der Waals surface area (Å²) in [6, 6.07) is 9.50. The number of hydrogen-bond acceptors (Lipinski definition) is 8. The summed E-state index contributed by atoms with van der Waals surface area (Å²) >= 11 is 0. The quantitative estimate of drug-likeness (QED) is 0.392. The number of likely N-dealkylation sites (N-methyl/N-ethyl adjacent to an activating group) is 1. The highest BCUT2D eigenvalue weighted by atomic mass is 16.5. The fraction of sp³-hybridized carbons (Fsp3) is 0.744. The number of amides is 1. The molecule has 3 saturated heterocycles. The van der Waals surface area contributed by atoms with E-state index in [0.29, 0.717) is 44.0 Å². The van der Waals surface area contributed by atoms with Gasteiger partial charge in [0.2, 0.25) is 5.91 Å². The first-order chi connectivity index (χ1) is 23.4. The number of benzene rings is 1. The number of nitrogens with one attached hydrogen (secondary N) is 2. The van der Waals surface area contributed by atoms with Gasteiger partial charge in [0, 0.05) is 50.5 Å². The molecule has 0 radical (unpaired) electrons. The van der Waals surface area contributed by atoms with Crippen LogP contribution < -0.4 is 15.4 Å². The van der Waals surface area contributed by atoms with Gasteiger partial charge in [0.05, 0.1) is 30.8 Å². The Labute approximate surface area is 288 Å². The van der Waals surface area contributed by atoms with Crippen LogP contribution in [0.4, 0.5) is 0 Å². The van der Waals surface area contributed by atoms with E-state index in [1.807, 2.05) is 4.90 Å². The molecule has 1 spiro atoms. The number of para-hydroxylation sites is 1. The SMILES string of the molecule is C=CC(=O)N1CCN(C2(C3CCCCCCC3)NC(OCC3CCCN3C)NC3C[C@]4(CCC32)Cc2cccc(C)c2O4)CC1CC#N. The summed E-state index contributed by atoms with van der Waals surface area (Å²) < 4.78 is 13.9. The van der Waals surface area contributed by atoms with Crippen molar-refractivity contribution in [1.29, 1.82) is 5.26 Å². The fourth-order valence-corrected chi connectivity index (χ4v) is 10.6. The largest absolute Gasteiger partial charge is 0.486 e. The third-order valence-electron chi connectivity index (χ3n) is 13.1. The number of hydrogen-bond donors (Lipinski definition) is 2. The zero-order chi connectivity index (χ0) is 33.3. The summed E-state index contributed by atoms with van der Waals surface area (Å²) in [5, 5.41) is 18.2. The molecule has 4 heterocycles. The molecule has 0 bridgehead atoms. The third-order valence-corrected chi connectivity index (χ3v) is 13.1. The third kappa shape index (κ3) is 6.44. The van der Waals surface area contributed by atoms with Crippen molar-refractivity contribution < 1.29 is 14.3 Å². The van der Waals surface area contributed by atoms with Crippen molar-refractivity contribution in [2.24, 2.45) is 11.8 Å². The summed E-state index contributed by atoms with van der Waals surface area (Å²) in [6.45, 7) is 9.85. The lowest BCUT2D eigenvalue weighted by molar-refractivity contribution is -0.190. The van der Waals surface area contributed by atoms with E-state index in [1.54, 1.807) is 0 Å². The number of nitriles is 1. The predicted octanol–water partition coefficient (Wildman–Crippen LogP) is 5.09. The molecule has 4 aliphatic heterocycles. The minimum absolute atomic E-state index is 0.0687. The highest BCUT2D eigenvalue weighted by Crippen LogP contribution is 2.52. The second-order valence-electron chi connectivity index (χ2n) is 15.8. The van der Waals surface area contributed by atoms with Crippen LogP contribution in [0.1, 0.15) is 94.6 Å². The van der Waals surface area contributed by atoms with Gasteiger partial charge in [0.15, 0.2) is 6.35 Å². The Balaban J connectivity index is 1.25. The molecule has 1 aromatic rings. The van der Waals surface area contributed by atoms with Gasteiger partial charge in [-0.2, -0.15) is 5.26 Å². The molecule has 7 rings (SSSR count). The van der Waals surface area contributed by atoms with E-state index < -0.39 is 0 Å². The average molecular weight is 659 g/mol. The minimum atomic E-state index is -0.306. The van der Waals surface area contributed by atoms with Gasteiger partial charge in [-0.05, 0) is 82.2 Å². The number of nitrogens with zero attached hydrogens (tertiary/aromatic N) is 4. The second kappa shape index (κ2) is 14.4. The maximum Gasteiger partial charge on any atom is 0.246 e. The lowest BCUT2D eigenvalue weighted by Gasteiger charge is -2.64. The summed E-state index contributed by atoms with van der Waals surface area (Å²) in [4.78, 5) is 20.0. The van der Waals surface area contributed by atoms with Crippen molar-refractivity contribution >= 4 is 5.91 Å². The molecule has 2 N–H and O–H groups in total. The Morgan fingerprint density at radius 3 is 2.65 bits per heavy atom. The second-order valence-corrected chi connectivity index (χ2v) is 15.8. The first-order valence-electron chi connectivity index (χ1n) is 19.0. The Hall–Kier alpha value is -2.48. The Morgan fingerprint density at radius 2 is 1.92 bits per heavy atom. The lowest BCUT2D eigenvalue weighted by Crippen LogP contribution is -2.82. The topological polar surface area (TPSA) is 93.1 Å². The molecule has 9 heteroatoms. The molecule has 7 atom stereocenters. The van der Waals surface area contributed by atoms with Crippen LogP contribution in [-0.2, 0) is 16.0 Å². The van der Waals surface area contributed by atoms with Gasteiger partial charge in [0.1, 0.15) is 11.4 Å². The Kier molecular flexibility index (Phi) is 10.2. The zero-order valence-corrected chi connectivity index (χ0v) is 29.4. The number of carbonyl (C=O) groups is 1. The number of carbonyl (C=O) groups excluding carboxylic acids is 1. The number of rotatable bonds is 7. The Morgan fingerprint density at radius 1 is 1.10 bits per heavy atom. The standard InChI is InChI=1S/C39H58N6O3/c1-4-35(46)45-23-22-44(26-31(45)18-20-40)39(30-14-8-6-5-7-9-15-30)33-17-19-38(24-29-13-10-12-28(2)36(29)48-38)25-34(33)41-37(42-39)47-27-32-16-11-21-43(32)3/h4,10,12-13,30-34,37,41-42H,1,5-9,11,14-19,21-27H2,2-3H3/t31?,32?,33?,34?,37?,38-,39?/m0/s1. The maximum atomic E-state index is 13.0. The maximum absolute atomic E-state index is 13.0. The molecular formula is C39H58N6O3. The molecule has 48 heavy (non-hydrogen) atoms. The predicted molar refractivity (Wildman–Crippen MR) is 187 cm³/mol. The van der Waals surface area contributed by atoms with Gasteiger partial charge in [-0.25, -0.2) is 0 Å². The normalized spacial score (nSPS) is 36.4. The van der Waals surface area contributed by atoms with Crippen molar-refractivity contribution in [1.82, 2.24) is 25.3 Å². The highest BCUT2D eigenvalue weighted by molar-refractivity contribution is 5.87. The molecule has 5 fully saturated rings. The van der Waals surface area contributed by atoms with Gasteiger partial charge >= 0.3 is 0 Å². The molecule has 6 aliphatic rings. The van der Waals surface area contributed by atoms with Gasteiger partial charge in [-0.15, -0.1) is 0 Å². The van der Waals surface area contributed by atoms with Crippen LogP contribution in [-0.4, -0.2) is 96.2 Å². The molecule has 1 aromatic carbocycles. The van der Waals surface area contributed by atoms with E-state index in [0.717, 1.165) is 44.5 Å². The average Bonchev–Trinajstić information content (AvgIpc) is 3.65. The van der Waals surface area contributed by atoms with Gasteiger partial charge in [0.25, 0.3) is 0 Å². The van der Waals surface area contributed by atoms with Crippen LogP contribution >= 0.6 is 0 Å².